The van der Waals surface area contributed by atoms with E-state index in [0.29, 0.717) is 54.8 Å². The van der Waals surface area contributed by atoms with Crippen molar-refractivity contribution in [2.45, 2.75) is 383 Å². The highest BCUT2D eigenvalue weighted by atomic mass is 35.5. The number of ketones is 5. The maximum atomic E-state index is 12.2. The van der Waals surface area contributed by atoms with Crippen LogP contribution in [0.4, 0.5) is 0 Å². The number of halogens is 1. The molecule has 3 aromatic rings. The van der Waals surface area contributed by atoms with Gasteiger partial charge in [0.15, 0.2) is 16.7 Å². The van der Waals surface area contributed by atoms with Crippen LogP contribution in [0.1, 0.15) is 322 Å². The molecule has 31 nitrogen and oxygen atoms in total. The van der Waals surface area contributed by atoms with E-state index in [-0.39, 0.29) is 128 Å². The van der Waals surface area contributed by atoms with Crippen LogP contribution in [0.25, 0.3) is 0 Å². The maximum Gasteiger partial charge on any atom is 0.337 e. The van der Waals surface area contributed by atoms with Crippen molar-refractivity contribution in [3.05, 3.63) is 75.7 Å². The molecule has 7 atom stereocenters. The van der Waals surface area contributed by atoms with E-state index in [1.165, 1.54) is 39.3 Å². The number of amides is 3. The summed E-state index contributed by atoms with van der Waals surface area (Å²) >= 11 is 35.4. The van der Waals surface area contributed by atoms with Crippen LogP contribution in [0, 0.1) is 19.3 Å². The number of aromatic nitrogens is 3. The number of nitrogens with two attached hydrogens (primary N) is 5. The van der Waals surface area contributed by atoms with Crippen molar-refractivity contribution in [2.75, 3.05) is 13.2 Å². The summed E-state index contributed by atoms with van der Waals surface area (Å²) in [5.74, 6) is -4.92. The molecule has 19 N–H and O–H groups in total. The second kappa shape index (κ2) is 64.1. The number of aliphatic carboxylic acids is 4. The number of carboxylic acid groups (broad SMARTS) is 5. The van der Waals surface area contributed by atoms with E-state index in [9.17, 15) is 62.3 Å². The smallest absolute Gasteiger partial charge is 0.337 e. The van der Waals surface area contributed by atoms with Crippen LogP contribution in [0.5, 0.6) is 0 Å². The Morgan fingerprint density at radius 1 is 0.461 bits per heavy atom. The van der Waals surface area contributed by atoms with E-state index in [0.717, 1.165) is 36.6 Å². The third kappa shape index (κ3) is 84.4. The molecule has 5 unspecified atom stereocenters. The number of hydrogen-bond donors (Lipinski definition) is 21. The molecule has 3 rings (SSSR count). The average molecular weight is 1960 g/mol. The Kier molecular flexibility index (Phi) is 67.7. The van der Waals surface area contributed by atoms with Gasteiger partial charge in [0.1, 0.15) is 53.0 Å². The first kappa shape index (κ1) is 135. The minimum absolute atomic E-state index is 0.00521. The van der Waals surface area contributed by atoms with Crippen molar-refractivity contribution < 1.29 is 97.4 Å². The van der Waals surface area contributed by atoms with E-state index in [1.807, 2.05) is 103 Å². The Morgan fingerprint density at radius 2 is 0.852 bits per heavy atom. The molecule has 0 aliphatic carbocycles. The van der Waals surface area contributed by atoms with Crippen LogP contribution in [-0.2, 0) is 73.1 Å². The number of thiol groups is 7. The van der Waals surface area contributed by atoms with Crippen LogP contribution in [0.15, 0.2) is 40.9 Å². The molecule has 0 aliphatic rings. The summed E-state index contributed by atoms with van der Waals surface area (Å²) in [6.07, 6.45) is 6.01. The van der Waals surface area contributed by atoms with Crippen molar-refractivity contribution in [1.82, 2.24) is 31.1 Å². The molecular weight excluding hydrogens is 1800 g/mol. The molecule has 0 spiro atoms. The Labute approximate surface area is 805 Å². The third-order valence-corrected chi connectivity index (χ3v) is 18.0. The monoisotopic (exact) mass is 1960 g/mol. The van der Waals surface area contributed by atoms with Crippen LogP contribution in [0.2, 0.25) is 5.15 Å². The predicted octanol–water partition coefficient (Wildman–Crippen LogP) is 13.6. The SMILES string of the molecule is CC(=O)C(CC(C)(C)S)NC(=O)CCC(N)C(=O)O.CC(=O)CCC(=O)C(CC(C)(C)S)NC(=O)CCC(N)C(=O)O.CC(=O)CCC(=O)C(N)CC(C)(C)S.CC(=O)N[C@@H](CC(C)(C)S)C(=O)O.CC(C)(C)CCN.CC(C)(C)c1ccc(Cl)nn1.CC(C)(S)CCO.CC(C)(S)C[C@H](N)C(=O)O.CC(C)(S)c1ncccc1C(=O)O.Cc1cc(C(C)(C)C)c(C)o1. The largest absolute Gasteiger partial charge is 0.480 e. The lowest BCUT2D eigenvalue weighted by molar-refractivity contribution is -0.142. The number of furan rings is 1. The molecule has 0 saturated carbocycles. The molecule has 0 bridgehead atoms. The van der Waals surface area contributed by atoms with E-state index < -0.39 is 92.3 Å². The number of carboxylic acids is 5. The summed E-state index contributed by atoms with van der Waals surface area (Å²) in [7, 11) is 0. The van der Waals surface area contributed by atoms with Crippen LogP contribution >= 0.6 is 100 Å². The van der Waals surface area contributed by atoms with Gasteiger partial charge in [-0.3, -0.25) is 48.1 Å². The molecule has 0 saturated heterocycles. The van der Waals surface area contributed by atoms with E-state index in [2.05, 4.69) is 188 Å². The number of aliphatic hydroxyl groups is 1. The number of rotatable bonds is 37. The fourth-order valence-electron chi connectivity index (χ4n) is 9.94. The van der Waals surface area contributed by atoms with Gasteiger partial charge in [0.25, 0.3) is 0 Å². The Morgan fingerprint density at radius 3 is 1.10 bits per heavy atom. The van der Waals surface area contributed by atoms with E-state index in [1.54, 1.807) is 32.2 Å². The predicted molar refractivity (Wildman–Crippen MR) is 535 cm³/mol. The number of Topliss-reactive ketones (excluding diaryl/α,β-unsaturated/α-hetero) is 5. The van der Waals surface area contributed by atoms with Gasteiger partial charge in [-0.05, 0) is 160 Å². The van der Waals surface area contributed by atoms with Crippen LogP contribution in [-0.4, -0.2) is 206 Å². The molecule has 3 aromatic heterocycles. The molecule has 740 valence electrons. The van der Waals surface area contributed by atoms with E-state index in [4.69, 9.17) is 75.3 Å². The minimum Gasteiger partial charge on any atom is -0.480 e. The third-order valence-electron chi connectivity index (χ3n) is 16.4. The van der Waals surface area contributed by atoms with Gasteiger partial charge < -0.3 is 89.3 Å². The number of carbonyl (C=O) groups is 13. The highest BCUT2D eigenvalue weighted by Gasteiger charge is 2.31. The number of nitrogens with zero attached hydrogens (tertiary/aromatic N) is 3. The van der Waals surface area contributed by atoms with Crippen molar-refractivity contribution in [3.8, 4) is 0 Å². The summed E-state index contributed by atoms with van der Waals surface area (Å²) in [6.45, 7) is 56.0. The lowest BCUT2D eigenvalue weighted by atomic mass is 9.87. The van der Waals surface area contributed by atoms with Crippen molar-refractivity contribution >= 4 is 176 Å². The topological polar surface area (TPSA) is 561 Å². The van der Waals surface area contributed by atoms with Crippen molar-refractivity contribution in [1.29, 1.82) is 0 Å². The Balaban J connectivity index is -0.000000259. The van der Waals surface area contributed by atoms with Gasteiger partial charge in [-0.1, -0.05) is 157 Å². The first-order chi connectivity index (χ1) is 57.2. The number of carbonyl (C=O) groups excluding carboxylic acids is 8. The number of aliphatic hydroxyl groups excluding tert-OH is 1. The zero-order chi connectivity index (χ0) is 103. The highest BCUT2D eigenvalue weighted by Crippen LogP contribution is 2.31. The fourth-order valence-corrected chi connectivity index (χ4v) is 11.3. The van der Waals surface area contributed by atoms with E-state index >= 15 is 0 Å². The van der Waals surface area contributed by atoms with Crippen molar-refractivity contribution in [3.63, 3.8) is 0 Å². The lowest BCUT2D eigenvalue weighted by Crippen LogP contribution is -2.44. The quantitative estimate of drug-likeness (QED) is 0.0238. The first-order valence-electron chi connectivity index (χ1n) is 41.7. The second-order valence-corrected chi connectivity index (χ2v) is 47.4. The van der Waals surface area contributed by atoms with Gasteiger partial charge >= 0.3 is 29.8 Å². The standard InChI is InChI=1S/C15H26N2O5S.C12H22N2O4S.C10H19NO2S.C10H16O.C9H11NO2S.C8H11ClN2.C8H15NO3S.C6H13NO2S.C6H15N.C5H12OS/c1-9(18)4-6-12(19)11(8-15(2,3)23)17-13(20)7-5-10(16)14(21)22;1-7(15)9(6-12(2,3)19)14-10(16)5-4-8(13)11(17)18;1-7(12)4-5-9(13)8(11)6-10(2,3)14;1-7-6-9(8(2)11-7)10(3,4)5;1-9(2,13)7-6(8(11)12)4-3-5-10-7;1-8(2,3)6-4-5-7(9)11-10-6;1-5(10)9-6(7(11)12)4-8(2,3)13;1-6(2,10)3-4(7)5(8)9;1-6(2,3)4-5-7;1-5(2,7)3-4-6/h10-11,23H,4-8,16H2,1-3H3,(H,17,20)(H,21,22);8-9,19H,4-6,13H2,1-3H3,(H,14,16)(H,17,18);8,14H,4-6,11H2,1-3H3;6H,1-5H3;3-5,13H,1-2H3,(H,11,12);4-5H,1-3H3;6,13H,4H2,1-3H3,(H,9,10)(H,11,12);4,10H,3,7H2,1-2H3,(H,8,9);4-5,7H2,1-3H3;6-7H,3-4H2,1-2H3/t;;;;;;6-;4-;;/m......00../s1. The molecule has 39 heteroatoms. The van der Waals surface area contributed by atoms with Gasteiger partial charge in [-0.15, -0.1) is 5.10 Å². The molecule has 0 fully saturated rings. The maximum absolute atomic E-state index is 12.2. The summed E-state index contributed by atoms with van der Waals surface area (Å²) in [5.41, 5.74) is 30.6. The first-order valence-corrected chi connectivity index (χ1v) is 45.2. The number of pyridine rings is 1. The molecule has 3 amide bonds. The average Bonchev–Trinajstić information content (AvgIpc) is 1.51. The zero-order valence-corrected chi connectivity index (χ0v) is 88.2. The van der Waals surface area contributed by atoms with Gasteiger partial charge in [-0.25, -0.2) is 9.59 Å². The molecular formula is C89H160ClN11O20S7. The summed E-state index contributed by atoms with van der Waals surface area (Å²) in [6, 6.07) is 3.21. The fraction of sp³-hybridized carbons (Fsp3) is 0.708. The van der Waals surface area contributed by atoms with Gasteiger partial charge in [-0.2, -0.15) is 93.5 Å². The highest BCUT2D eigenvalue weighted by molar-refractivity contribution is 7.82. The number of hydrogen-bond acceptors (Lipinski definition) is 30. The second-order valence-electron chi connectivity index (χ2n) is 38.6. The molecule has 3 heterocycles. The Bertz CT molecular complexity index is 3830. The summed E-state index contributed by atoms with van der Waals surface area (Å²) in [5, 5.41) is 67.3. The molecule has 0 aromatic carbocycles. The number of nitrogens with one attached hydrogen (secondary N) is 3. The van der Waals surface area contributed by atoms with Gasteiger partial charge in [0.2, 0.25) is 17.7 Å². The zero-order valence-electron chi connectivity index (χ0n) is 81.2. The lowest BCUT2D eigenvalue weighted by Gasteiger charge is -2.25. The van der Waals surface area contributed by atoms with Crippen molar-refractivity contribution in [2.24, 2.45) is 34.1 Å². The number of aryl methyl sites for hydroxylation is 2. The van der Waals surface area contributed by atoms with Crippen LogP contribution < -0.4 is 44.6 Å². The van der Waals surface area contributed by atoms with Gasteiger partial charge in [0.05, 0.1) is 39.8 Å². The normalized spacial score (nSPS) is 13.2. The Hall–Kier alpha value is -5.88. The minimum atomic E-state index is -1.18. The molecule has 128 heavy (non-hydrogen) atoms. The van der Waals surface area contributed by atoms with Gasteiger partial charge in [0, 0.05) is 92.1 Å². The molecule has 0 radical (unpaired) electrons. The summed E-state index contributed by atoms with van der Waals surface area (Å²) in [4.78, 5) is 148. The van der Waals surface area contributed by atoms with Crippen LogP contribution in [0.3, 0.4) is 0 Å². The molecule has 0 aliphatic heterocycles. The number of aromatic carboxylic acids is 1. The summed E-state index contributed by atoms with van der Waals surface area (Å²) < 4.78 is 3.07.